The van der Waals surface area contributed by atoms with Crippen LogP contribution in [0.1, 0.15) is 20.9 Å². The second kappa shape index (κ2) is 5.41. The normalized spacial score (nSPS) is 11.4. The first-order valence-corrected chi connectivity index (χ1v) is 8.00. The van der Waals surface area contributed by atoms with Crippen LogP contribution < -0.4 is 4.72 Å². The molecule has 0 aliphatic heterocycles. The van der Waals surface area contributed by atoms with Gasteiger partial charge in [0, 0.05) is 4.88 Å². The number of aryl methyl sites for hydroxylation is 2. The summed E-state index contributed by atoms with van der Waals surface area (Å²) in [6, 6.07) is 2.60. The van der Waals surface area contributed by atoms with E-state index in [0.717, 1.165) is 28.3 Å². The highest BCUT2D eigenvalue weighted by Crippen LogP contribution is 2.25. The van der Waals surface area contributed by atoms with Crippen LogP contribution in [0, 0.1) is 19.7 Å². The number of thiazole rings is 1. The first-order valence-electron chi connectivity index (χ1n) is 5.70. The van der Waals surface area contributed by atoms with Crippen LogP contribution in [0.4, 0.5) is 9.52 Å². The quantitative estimate of drug-likeness (QED) is 0.897. The summed E-state index contributed by atoms with van der Waals surface area (Å²) < 4.78 is 40.2. The van der Waals surface area contributed by atoms with E-state index in [-0.39, 0.29) is 10.7 Å². The van der Waals surface area contributed by atoms with Crippen molar-refractivity contribution >= 4 is 32.5 Å². The van der Waals surface area contributed by atoms with Gasteiger partial charge in [-0.15, -0.1) is 11.3 Å². The molecular formula is C12H11FN2O4S2. The third-order valence-corrected chi connectivity index (χ3v) is 5.21. The third-order valence-electron chi connectivity index (χ3n) is 2.72. The summed E-state index contributed by atoms with van der Waals surface area (Å²) in [5.41, 5.74) is 0.354. The molecule has 0 aliphatic rings. The molecule has 0 fully saturated rings. The van der Waals surface area contributed by atoms with E-state index >= 15 is 0 Å². The number of carboxylic acid groups (broad SMARTS) is 1. The number of nitrogens with zero attached hydrogens (tertiary/aromatic N) is 1. The largest absolute Gasteiger partial charge is 0.478 e. The van der Waals surface area contributed by atoms with Gasteiger partial charge in [-0.05, 0) is 32.0 Å². The minimum absolute atomic E-state index is 0.131. The molecule has 0 spiro atoms. The molecule has 2 rings (SSSR count). The van der Waals surface area contributed by atoms with E-state index < -0.39 is 26.7 Å². The fraction of sp³-hybridized carbons (Fsp3) is 0.167. The van der Waals surface area contributed by atoms with Gasteiger partial charge >= 0.3 is 5.97 Å². The van der Waals surface area contributed by atoms with Gasteiger partial charge in [-0.3, -0.25) is 4.72 Å². The average molecular weight is 330 g/mol. The Bertz CT molecular complexity index is 795. The molecular weight excluding hydrogens is 319 g/mol. The highest BCUT2D eigenvalue weighted by atomic mass is 32.2. The van der Waals surface area contributed by atoms with Crippen molar-refractivity contribution in [1.82, 2.24) is 4.98 Å². The number of sulfonamides is 1. The molecule has 0 bridgehead atoms. The van der Waals surface area contributed by atoms with Crippen molar-refractivity contribution in [3.8, 4) is 0 Å². The zero-order chi connectivity index (χ0) is 15.8. The fourth-order valence-corrected chi connectivity index (χ4v) is 3.65. The van der Waals surface area contributed by atoms with Crippen molar-refractivity contribution in [1.29, 1.82) is 0 Å². The molecule has 0 unspecified atom stereocenters. The molecule has 1 heterocycles. The first kappa shape index (κ1) is 15.4. The smallest absolute Gasteiger partial charge is 0.335 e. The van der Waals surface area contributed by atoms with Gasteiger partial charge in [-0.1, -0.05) is 0 Å². The van der Waals surface area contributed by atoms with Crippen molar-refractivity contribution in [2.24, 2.45) is 0 Å². The summed E-state index contributed by atoms with van der Waals surface area (Å²) >= 11 is 1.13. The summed E-state index contributed by atoms with van der Waals surface area (Å²) in [6.07, 6.45) is 0. The number of nitrogens with one attached hydrogen (secondary N) is 1. The number of hydrogen-bond donors (Lipinski definition) is 2. The molecule has 6 nitrogen and oxygen atoms in total. The molecule has 0 atom stereocenters. The third kappa shape index (κ3) is 3.19. The van der Waals surface area contributed by atoms with Crippen LogP contribution in [0.3, 0.4) is 0 Å². The Labute approximate surface area is 124 Å². The Hall–Kier alpha value is -2.00. The predicted octanol–water partition coefficient (Wildman–Crippen LogP) is 2.40. The molecule has 112 valence electrons. The zero-order valence-electron chi connectivity index (χ0n) is 11.0. The maximum atomic E-state index is 13.8. The SMILES string of the molecule is Cc1nc(NS(=O)(=O)c2ccc(C(=O)O)cc2F)sc1C. The molecule has 0 saturated heterocycles. The van der Waals surface area contributed by atoms with Crippen molar-refractivity contribution in [3.63, 3.8) is 0 Å². The Kier molecular flexibility index (Phi) is 3.97. The molecule has 2 aromatic rings. The lowest BCUT2D eigenvalue weighted by Gasteiger charge is -2.06. The molecule has 0 radical (unpaired) electrons. The summed E-state index contributed by atoms with van der Waals surface area (Å²) in [7, 11) is -4.16. The van der Waals surface area contributed by atoms with E-state index in [2.05, 4.69) is 9.71 Å². The second-order valence-corrected chi connectivity index (χ2v) is 7.07. The van der Waals surface area contributed by atoms with E-state index in [1.165, 1.54) is 0 Å². The highest BCUT2D eigenvalue weighted by molar-refractivity contribution is 7.93. The minimum Gasteiger partial charge on any atom is -0.478 e. The summed E-state index contributed by atoms with van der Waals surface area (Å²) in [5.74, 6) is -2.47. The van der Waals surface area contributed by atoms with Gasteiger partial charge in [-0.2, -0.15) is 0 Å². The number of halogens is 1. The Morgan fingerprint density at radius 3 is 2.52 bits per heavy atom. The van der Waals surface area contributed by atoms with Crippen molar-refractivity contribution in [2.45, 2.75) is 18.7 Å². The number of carbonyl (C=O) groups is 1. The fourth-order valence-electron chi connectivity index (χ4n) is 1.54. The number of rotatable bonds is 4. The highest BCUT2D eigenvalue weighted by Gasteiger charge is 2.22. The Morgan fingerprint density at radius 2 is 2.05 bits per heavy atom. The van der Waals surface area contributed by atoms with Crippen molar-refractivity contribution in [2.75, 3.05) is 4.72 Å². The first-order chi connectivity index (χ1) is 9.70. The van der Waals surface area contributed by atoms with E-state index in [1.54, 1.807) is 13.8 Å². The standard InChI is InChI=1S/C12H11FN2O4S2/c1-6-7(2)20-12(14-6)15-21(18,19)10-4-3-8(11(16)17)5-9(10)13/h3-5H,1-2H3,(H,14,15)(H,16,17). The summed E-state index contributed by atoms with van der Waals surface area (Å²) in [6.45, 7) is 3.51. The van der Waals surface area contributed by atoms with Gasteiger partial charge in [0.05, 0.1) is 11.3 Å². The summed E-state index contributed by atoms with van der Waals surface area (Å²) in [4.78, 5) is 14.9. The van der Waals surface area contributed by atoms with E-state index in [1.807, 2.05) is 0 Å². The number of hydrogen-bond acceptors (Lipinski definition) is 5. The maximum absolute atomic E-state index is 13.8. The molecule has 0 amide bonds. The van der Waals surface area contributed by atoms with Crippen LogP contribution in [0.5, 0.6) is 0 Å². The predicted molar refractivity (Wildman–Crippen MR) is 75.8 cm³/mol. The Balaban J connectivity index is 2.37. The Morgan fingerprint density at radius 1 is 1.38 bits per heavy atom. The molecule has 21 heavy (non-hydrogen) atoms. The molecule has 2 N–H and O–H groups in total. The molecule has 0 saturated carbocycles. The van der Waals surface area contributed by atoms with Gasteiger partial charge < -0.3 is 5.11 Å². The van der Waals surface area contributed by atoms with Crippen molar-refractivity contribution in [3.05, 3.63) is 40.2 Å². The van der Waals surface area contributed by atoms with Crippen LogP contribution in [-0.4, -0.2) is 24.5 Å². The monoisotopic (exact) mass is 330 g/mol. The maximum Gasteiger partial charge on any atom is 0.335 e. The zero-order valence-corrected chi connectivity index (χ0v) is 12.7. The number of aromatic nitrogens is 1. The van der Waals surface area contributed by atoms with Crippen LogP contribution in [0.2, 0.25) is 0 Å². The average Bonchev–Trinajstić information content (AvgIpc) is 2.66. The molecule has 9 heteroatoms. The number of benzene rings is 1. The van der Waals surface area contributed by atoms with Gasteiger partial charge in [-0.25, -0.2) is 22.6 Å². The van der Waals surface area contributed by atoms with Crippen LogP contribution in [0.25, 0.3) is 0 Å². The second-order valence-electron chi connectivity index (χ2n) is 4.22. The van der Waals surface area contributed by atoms with Crippen LogP contribution in [-0.2, 0) is 10.0 Å². The van der Waals surface area contributed by atoms with E-state index in [9.17, 15) is 17.6 Å². The lowest BCUT2D eigenvalue weighted by atomic mass is 10.2. The summed E-state index contributed by atoms with van der Waals surface area (Å²) in [5, 5.41) is 8.86. The molecule has 0 aliphatic carbocycles. The van der Waals surface area contributed by atoms with E-state index in [0.29, 0.717) is 11.8 Å². The lowest BCUT2D eigenvalue weighted by Crippen LogP contribution is -2.15. The van der Waals surface area contributed by atoms with E-state index in [4.69, 9.17) is 5.11 Å². The van der Waals surface area contributed by atoms with Gasteiger partial charge in [0.15, 0.2) is 5.13 Å². The molecule has 1 aromatic carbocycles. The molecule has 1 aromatic heterocycles. The van der Waals surface area contributed by atoms with Gasteiger partial charge in [0.2, 0.25) is 0 Å². The van der Waals surface area contributed by atoms with Gasteiger partial charge in [0.1, 0.15) is 10.7 Å². The topological polar surface area (TPSA) is 96.4 Å². The number of carboxylic acids is 1. The van der Waals surface area contributed by atoms with Gasteiger partial charge in [0.25, 0.3) is 10.0 Å². The number of aromatic carboxylic acids is 1. The van der Waals surface area contributed by atoms with Crippen LogP contribution >= 0.6 is 11.3 Å². The van der Waals surface area contributed by atoms with Crippen molar-refractivity contribution < 1.29 is 22.7 Å². The minimum atomic E-state index is -4.16. The lowest BCUT2D eigenvalue weighted by molar-refractivity contribution is 0.0696. The number of anilines is 1. The van der Waals surface area contributed by atoms with Crippen LogP contribution in [0.15, 0.2) is 23.1 Å².